The van der Waals surface area contributed by atoms with Crippen molar-refractivity contribution < 1.29 is 9.90 Å². The molecule has 1 rings (SSSR count). The lowest BCUT2D eigenvalue weighted by Gasteiger charge is -2.30. The van der Waals surface area contributed by atoms with E-state index in [1.807, 2.05) is 0 Å². The van der Waals surface area contributed by atoms with Crippen LogP contribution in [0, 0.1) is 5.92 Å². The van der Waals surface area contributed by atoms with Crippen molar-refractivity contribution in [2.45, 2.75) is 52.1 Å². The van der Waals surface area contributed by atoms with Crippen LogP contribution in [0.15, 0.2) is 0 Å². The molecule has 1 fully saturated rings. The number of aliphatic carboxylic acids is 1. The van der Waals surface area contributed by atoms with Gasteiger partial charge >= 0.3 is 5.97 Å². The first-order chi connectivity index (χ1) is 8.40. The molecular weight excluding hydrogens is 228 g/mol. The summed E-state index contributed by atoms with van der Waals surface area (Å²) >= 11 is 0. The topological polar surface area (TPSA) is 43.8 Å². The standard InChI is InChI=1S/C14H28N2O2/c1-11(2)5-7-16-8-6-12(3)15(4)13(10-16)9-14(17)18/h11-13H,5-10H2,1-4H3,(H,17,18). The fourth-order valence-corrected chi connectivity index (χ4v) is 2.51. The number of hydrogen-bond donors (Lipinski definition) is 1. The molecule has 4 heteroatoms. The summed E-state index contributed by atoms with van der Waals surface area (Å²) in [5, 5.41) is 9.02. The van der Waals surface area contributed by atoms with Gasteiger partial charge in [0.1, 0.15) is 0 Å². The van der Waals surface area contributed by atoms with Crippen LogP contribution in [0.25, 0.3) is 0 Å². The summed E-state index contributed by atoms with van der Waals surface area (Å²) in [6, 6.07) is 0.616. The Hall–Kier alpha value is -0.610. The van der Waals surface area contributed by atoms with Crippen molar-refractivity contribution in [2.75, 3.05) is 26.7 Å². The Morgan fingerprint density at radius 1 is 1.44 bits per heavy atom. The average Bonchev–Trinajstić information content (AvgIpc) is 2.40. The van der Waals surface area contributed by atoms with Gasteiger partial charge in [-0.2, -0.15) is 0 Å². The van der Waals surface area contributed by atoms with Crippen LogP contribution in [0.5, 0.6) is 0 Å². The van der Waals surface area contributed by atoms with E-state index in [2.05, 4.69) is 37.6 Å². The van der Waals surface area contributed by atoms with Crippen LogP contribution in [0.1, 0.15) is 40.0 Å². The van der Waals surface area contributed by atoms with Crippen molar-refractivity contribution >= 4 is 5.97 Å². The molecule has 0 radical (unpaired) electrons. The molecule has 0 aromatic heterocycles. The maximum absolute atomic E-state index is 11.0. The van der Waals surface area contributed by atoms with Gasteiger partial charge in [-0.05, 0) is 45.8 Å². The second kappa shape index (κ2) is 7.10. The van der Waals surface area contributed by atoms with Gasteiger partial charge in [0.25, 0.3) is 0 Å². The molecule has 0 spiro atoms. The summed E-state index contributed by atoms with van der Waals surface area (Å²) < 4.78 is 0. The summed E-state index contributed by atoms with van der Waals surface area (Å²) in [4.78, 5) is 15.6. The fourth-order valence-electron chi connectivity index (χ4n) is 2.51. The number of nitrogens with zero attached hydrogens (tertiary/aromatic N) is 2. The van der Waals surface area contributed by atoms with Crippen molar-refractivity contribution in [1.29, 1.82) is 0 Å². The third kappa shape index (κ3) is 4.94. The zero-order valence-electron chi connectivity index (χ0n) is 12.2. The summed E-state index contributed by atoms with van der Waals surface area (Å²) in [7, 11) is 2.06. The van der Waals surface area contributed by atoms with Crippen LogP contribution in [0.2, 0.25) is 0 Å². The molecule has 2 unspecified atom stereocenters. The van der Waals surface area contributed by atoms with E-state index in [9.17, 15) is 4.79 Å². The molecule has 1 N–H and O–H groups in total. The highest BCUT2D eigenvalue weighted by molar-refractivity contribution is 5.67. The number of carboxylic acid groups (broad SMARTS) is 1. The predicted octanol–water partition coefficient (Wildman–Crippen LogP) is 1.90. The highest BCUT2D eigenvalue weighted by atomic mass is 16.4. The summed E-state index contributed by atoms with van der Waals surface area (Å²) in [5.74, 6) is 0.0195. The van der Waals surface area contributed by atoms with Gasteiger partial charge in [0.05, 0.1) is 6.42 Å². The smallest absolute Gasteiger partial charge is 0.304 e. The summed E-state index contributed by atoms with van der Waals surface area (Å²) in [6.07, 6.45) is 2.57. The molecule has 0 aliphatic carbocycles. The summed E-state index contributed by atoms with van der Waals surface area (Å²) in [6.45, 7) is 9.74. The van der Waals surface area contributed by atoms with Crippen LogP contribution in [0.3, 0.4) is 0 Å². The maximum atomic E-state index is 11.0. The van der Waals surface area contributed by atoms with Crippen LogP contribution < -0.4 is 0 Å². The van der Waals surface area contributed by atoms with Gasteiger partial charge in [-0.15, -0.1) is 0 Å². The van der Waals surface area contributed by atoms with Crippen molar-refractivity contribution in [3.8, 4) is 0 Å². The Balaban J connectivity index is 2.59. The van der Waals surface area contributed by atoms with E-state index < -0.39 is 5.97 Å². The van der Waals surface area contributed by atoms with E-state index >= 15 is 0 Å². The zero-order chi connectivity index (χ0) is 13.7. The zero-order valence-corrected chi connectivity index (χ0v) is 12.2. The van der Waals surface area contributed by atoms with Crippen molar-refractivity contribution in [3.63, 3.8) is 0 Å². The minimum atomic E-state index is -0.690. The molecule has 1 aliphatic heterocycles. The Morgan fingerprint density at radius 2 is 2.11 bits per heavy atom. The number of carbonyl (C=O) groups is 1. The fraction of sp³-hybridized carbons (Fsp3) is 0.929. The van der Waals surface area contributed by atoms with Gasteiger partial charge < -0.3 is 10.0 Å². The normalized spacial score (nSPS) is 27.4. The van der Waals surface area contributed by atoms with Gasteiger partial charge in [0.2, 0.25) is 0 Å². The molecular formula is C14H28N2O2. The maximum Gasteiger partial charge on any atom is 0.304 e. The van der Waals surface area contributed by atoms with E-state index in [4.69, 9.17) is 5.11 Å². The summed E-state index contributed by atoms with van der Waals surface area (Å²) in [5.41, 5.74) is 0. The lowest BCUT2D eigenvalue weighted by Crippen LogP contribution is -2.43. The second-order valence-electron chi connectivity index (χ2n) is 6.04. The van der Waals surface area contributed by atoms with Crippen molar-refractivity contribution in [1.82, 2.24) is 9.80 Å². The molecule has 0 saturated carbocycles. The number of rotatable bonds is 5. The monoisotopic (exact) mass is 256 g/mol. The first kappa shape index (κ1) is 15.4. The Labute approximate surface area is 111 Å². The Morgan fingerprint density at radius 3 is 2.67 bits per heavy atom. The third-order valence-electron chi connectivity index (χ3n) is 4.04. The predicted molar refractivity (Wildman–Crippen MR) is 73.8 cm³/mol. The minimum absolute atomic E-state index is 0.146. The lowest BCUT2D eigenvalue weighted by molar-refractivity contribution is -0.138. The molecule has 1 aliphatic rings. The largest absolute Gasteiger partial charge is 0.481 e. The number of carboxylic acids is 1. The molecule has 106 valence electrons. The van der Waals surface area contributed by atoms with E-state index in [1.165, 1.54) is 6.42 Å². The SMILES string of the molecule is CC(C)CCN1CCC(C)N(C)C(CC(=O)O)C1. The van der Waals surface area contributed by atoms with Crippen LogP contribution in [-0.2, 0) is 4.79 Å². The van der Waals surface area contributed by atoms with Gasteiger partial charge in [0.15, 0.2) is 0 Å². The molecule has 1 saturated heterocycles. The highest BCUT2D eigenvalue weighted by Crippen LogP contribution is 2.17. The molecule has 4 nitrogen and oxygen atoms in total. The molecule has 18 heavy (non-hydrogen) atoms. The van der Waals surface area contributed by atoms with Crippen LogP contribution in [0.4, 0.5) is 0 Å². The van der Waals surface area contributed by atoms with E-state index in [-0.39, 0.29) is 12.5 Å². The van der Waals surface area contributed by atoms with Gasteiger partial charge in [-0.3, -0.25) is 9.69 Å². The van der Waals surface area contributed by atoms with E-state index in [1.54, 1.807) is 0 Å². The second-order valence-corrected chi connectivity index (χ2v) is 6.04. The number of hydrogen-bond acceptors (Lipinski definition) is 3. The Bertz CT molecular complexity index is 267. The van der Waals surface area contributed by atoms with Gasteiger partial charge in [0, 0.05) is 18.6 Å². The molecule has 0 bridgehead atoms. The van der Waals surface area contributed by atoms with E-state index in [0.717, 1.165) is 26.1 Å². The van der Waals surface area contributed by atoms with Gasteiger partial charge in [-0.25, -0.2) is 0 Å². The molecule has 0 amide bonds. The first-order valence-corrected chi connectivity index (χ1v) is 7.06. The molecule has 0 aromatic carbocycles. The molecule has 2 atom stereocenters. The van der Waals surface area contributed by atoms with Gasteiger partial charge in [-0.1, -0.05) is 13.8 Å². The lowest BCUT2D eigenvalue weighted by atomic mass is 10.1. The third-order valence-corrected chi connectivity index (χ3v) is 4.04. The quantitative estimate of drug-likeness (QED) is 0.816. The minimum Gasteiger partial charge on any atom is -0.481 e. The van der Waals surface area contributed by atoms with Crippen molar-refractivity contribution in [2.24, 2.45) is 5.92 Å². The first-order valence-electron chi connectivity index (χ1n) is 7.06. The number of likely N-dealkylation sites (N-methyl/N-ethyl adjacent to an activating group) is 1. The van der Waals surface area contributed by atoms with E-state index in [0.29, 0.717) is 12.0 Å². The Kier molecular flexibility index (Phi) is 6.09. The van der Waals surface area contributed by atoms with Crippen LogP contribution in [-0.4, -0.2) is 59.6 Å². The van der Waals surface area contributed by atoms with Crippen molar-refractivity contribution in [3.05, 3.63) is 0 Å². The average molecular weight is 256 g/mol. The molecule has 0 aromatic rings. The highest BCUT2D eigenvalue weighted by Gasteiger charge is 2.28. The molecule has 1 heterocycles. The van der Waals surface area contributed by atoms with Crippen LogP contribution >= 0.6 is 0 Å².